The van der Waals surface area contributed by atoms with E-state index >= 15 is 0 Å². The van der Waals surface area contributed by atoms with Gasteiger partial charge in [-0.05, 0) is 25.0 Å². The molecule has 0 aliphatic heterocycles. The molecule has 1 N–H and O–H groups in total. The predicted octanol–water partition coefficient (Wildman–Crippen LogP) is 1.38. The van der Waals surface area contributed by atoms with Crippen molar-refractivity contribution in [3.8, 4) is 5.69 Å². The number of amides is 1. The van der Waals surface area contributed by atoms with E-state index in [-0.39, 0.29) is 24.2 Å². The van der Waals surface area contributed by atoms with Crippen LogP contribution in [0.15, 0.2) is 36.7 Å². The molecule has 0 saturated heterocycles. The minimum atomic E-state index is -0.468. The van der Waals surface area contributed by atoms with Gasteiger partial charge in [-0.25, -0.2) is 4.68 Å². The highest BCUT2D eigenvalue weighted by Gasteiger charge is 2.33. The first-order valence-electron chi connectivity index (χ1n) is 7.31. The number of carbonyl (C=O) groups excluding carboxylic acids is 1. The van der Waals surface area contributed by atoms with Gasteiger partial charge in [0.15, 0.2) is 0 Å². The Balaban J connectivity index is 1.79. The van der Waals surface area contributed by atoms with Crippen molar-refractivity contribution in [2.24, 2.45) is 0 Å². The number of carbonyl (C=O) groups is 1. The summed E-state index contributed by atoms with van der Waals surface area (Å²) in [4.78, 5) is 24.3. The largest absolute Gasteiger partial charge is 0.395 e. The summed E-state index contributed by atoms with van der Waals surface area (Å²) in [7, 11) is 0. The van der Waals surface area contributed by atoms with Gasteiger partial charge in [-0.15, -0.1) is 0 Å². The number of rotatable bonds is 6. The van der Waals surface area contributed by atoms with Crippen molar-refractivity contribution in [1.29, 1.82) is 0 Å². The van der Waals surface area contributed by atoms with Crippen LogP contribution < -0.4 is 0 Å². The van der Waals surface area contributed by atoms with E-state index < -0.39 is 4.92 Å². The number of nitro groups is 1. The Morgan fingerprint density at radius 3 is 2.65 bits per heavy atom. The number of aliphatic hydroxyl groups is 1. The fourth-order valence-corrected chi connectivity index (χ4v) is 2.41. The van der Waals surface area contributed by atoms with Crippen LogP contribution in [0.3, 0.4) is 0 Å². The third-order valence-electron chi connectivity index (χ3n) is 3.74. The minimum absolute atomic E-state index is 0.0000558. The van der Waals surface area contributed by atoms with Crippen molar-refractivity contribution < 1.29 is 14.8 Å². The molecular weight excluding hydrogens is 300 g/mol. The Labute approximate surface area is 132 Å². The third kappa shape index (κ3) is 3.21. The maximum Gasteiger partial charge on any atom is 0.269 e. The molecule has 1 aromatic heterocycles. The van der Waals surface area contributed by atoms with E-state index in [9.17, 15) is 14.9 Å². The maximum absolute atomic E-state index is 12.5. The molecular formula is C15H16N4O4. The summed E-state index contributed by atoms with van der Waals surface area (Å²) in [5.41, 5.74) is 1.07. The first-order valence-corrected chi connectivity index (χ1v) is 7.31. The molecule has 1 fully saturated rings. The average Bonchev–Trinajstić information content (AvgIpc) is 3.27. The van der Waals surface area contributed by atoms with Gasteiger partial charge in [0.1, 0.15) is 0 Å². The molecule has 2 aromatic rings. The summed E-state index contributed by atoms with van der Waals surface area (Å²) in [6.45, 7) is 0.241. The zero-order chi connectivity index (χ0) is 16.4. The first kappa shape index (κ1) is 15.2. The molecule has 0 radical (unpaired) electrons. The second-order valence-corrected chi connectivity index (χ2v) is 5.40. The molecule has 8 nitrogen and oxygen atoms in total. The molecule has 1 heterocycles. The topological polar surface area (TPSA) is 102 Å². The highest BCUT2D eigenvalue weighted by molar-refractivity contribution is 5.94. The molecule has 8 heteroatoms. The first-order chi connectivity index (χ1) is 11.1. The molecule has 1 aliphatic rings. The zero-order valence-electron chi connectivity index (χ0n) is 12.3. The van der Waals surface area contributed by atoms with Crippen molar-refractivity contribution in [3.05, 3.63) is 52.3 Å². The van der Waals surface area contributed by atoms with E-state index in [4.69, 9.17) is 5.11 Å². The zero-order valence-corrected chi connectivity index (χ0v) is 12.3. The molecule has 120 valence electrons. The molecule has 0 unspecified atom stereocenters. The highest BCUT2D eigenvalue weighted by atomic mass is 16.6. The molecule has 0 atom stereocenters. The number of benzene rings is 1. The lowest BCUT2D eigenvalue weighted by atomic mass is 10.2. The fourth-order valence-electron chi connectivity index (χ4n) is 2.41. The number of aliphatic hydroxyl groups excluding tert-OH is 1. The minimum Gasteiger partial charge on any atom is -0.395 e. The second-order valence-electron chi connectivity index (χ2n) is 5.40. The number of nitrogens with zero attached hydrogens (tertiary/aromatic N) is 4. The van der Waals surface area contributed by atoms with Gasteiger partial charge >= 0.3 is 0 Å². The monoisotopic (exact) mass is 316 g/mol. The molecule has 1 aromatic carbocycles. The van der Waals surface area contributed by atoms with Gasteiger partial charge in [-0.1, -0.05) is 0 Å². The lowest BCUT2D eigenvalue weighted by Crippen LogP contribution is -2.35. The van der Waals surface area contributed by atoms with E-state index in [2.05, 4.69) is 5.10 Å². The van der Waals surface area contributed by atoms with Crippen LogP contribution in [0, 0.1) is 10.1 Å². The van der Waals surface area contributed by atoms with Crippen LogP contribution in [-0.4, -0.2) is 49.8 Å². The Kier molecular flexibility index (Phi) is 4.07. The van der Waals surface area contributed by atoms with Gasteiger partial charge in [0.05, 0.1) is 29.0 Å². The van der Waals surface area contributed by atoms with Crippen molar-refractivity contribution in [2.75, 3.05) is 13.2 Å². The van der Waals surface area contributed by atoms with Crippen LogP contribution in [0.1, 0.15) is 23.2 Å². The summed E-state index contributed by atoms with van der Waals surface area (Å²) in [5, 5.41) is 23.9. The van der Waals surface area contributed by atoms with E-state index in [0.717, 1.165) is 12.8 Å². The number of hydrogen-bond acceptors (Lipinski definition) is 5. The van der Waals surface area contributed by atoms with Crippen LogP contribution in [0.5, 0.6) is 0 Å². The van der Waals surface area contributed by atoms with Crippen molar-refractivity contribution >= 4 is 11.6 Å². The van der Waals surface area contributed by atoms with Gasteiger partial charge in [0.2, 0.25) is 0 Å². The van der Waals surface area contributed by atoms with Gasteiger partial charge in [0, 0.05) is 30.9 Å². The smallest absolute Gasteiger partial charge is 0.269 e. The SMILES string of the molecule is O=C(c1cnn(-c2ccc([N+](=O)[O-])cc2)c1)N(CCO)C1CC1. The van der Waals surface area contributed by atoms with Crippen LogP contribution in [0.25, 0.3) is 5.69 Å². The van der Waals surface area contributed by atoms with Gasteiger partial charge in [0.25, 0.3) is 11.6 Å². The van der Waals surface area contributed by atoms with E-state index in [0.29, 0.717) is 17.8 Å². The van der Waals surface area contributed by atoms with Crippen molar-refractivity contribution in [3.63, 3.8) is 0 Å². The number of non-ortho nitro benzene ring substituents is 1. The molecule has 0 spiro atoms. The molecule has 1 amide bonds. The van der Waals surface area contributed by atoms with Crippen LogP contribution >= 0.6 is 0 Å². The Bertz CT molecular complexity index is 721. The van der Waals surface area contributed by atoms with Gasteiger partial charge in [-0.3, -0.25) is 14.9 Å². The molecule has 3 rings (SSSR count). The maximum atomic E-state index is 12.5. The Morgan fingerprint density at radius 1 is 1.39 bits per heavy atom. The van der Waals surface area contributed by atoms with Crippen molar-refractivity contribution in [1.82, 2.24) is 14.7 Å². The van der Waals surface area contributed by atoms with Crippen molar-refractivity contribution in [2.45, 2.75) is 18.9 Å². The lowest BCUT2D eigenvalue weighted by molar-refractivity contribution is -0.384. The van der Waals surface area contributed by atoms with Gasteiger partial charge < -0.3 is 10.0 Å². The summed E-state index contributed by atoms with van der Waals surface area (Å²) in [6, 6.07) is 6.14. The third-order valence-corrected chi connectivity index (χ3v) is 3.74. The number of nitro benzene ring substituents is 1. The highest BCUT2D eigenvalue weighted by Crippen LogP contribution is 2.28. The Morgan fingerprint density at radius 2 is 2.09 bits per heavy atom. The predicted molar refractivity (Wildman–Crippen MR) is 81.4 cm³/mol. The van der Waals surface area contributed by atoms with Crippen LogP contribution in [0.4, 0.5) is 5.69 Å². The summed E-state index contributed by atoms with van der Waals surface area (Å²) in [6.07, 6.45) is 4.98. The van der Waals surface area contributed by atoms with Gasteiger partial charge in [-0.2, -0.15) is 5.10 Å². The van der Waals surface area contributed by atoms with Crippen LogP contribution in [-0.2, 0) is 0 Å². The lowest BCUT2D eigenvalue weighted by Gasteiger charge is -2.20. The average molecular weight is 316 g/mol. The van der Waals surface area contributed by atoms with E-state index in [1.165, 1.54) is 23.0 Å². The number of aromatic nitrogens is 2. The molecule has 23 heavy (non-hydrogen) atoms. The summed E-state index contributed by atoms with van der Waals surface area (Å²) >= 11 is 0. The second kappa shape index (κ2) is 6.17. The fraction of sp³-hybridized carbons (Fsp3) is 0.333. The summed E-state index contributed by atoms with van der Waals surface area (Å²) in [5.74, 6) is -0.158. The standard InChI is InChI=1S/C15H16N4O4/c20-8-7-17(12-1-2-12)15(21)11-9-16-18(10-11)13-3-5-14(6-4-13)19(22)23/h3-6,9-10,12,20H,1-2,7-8H2. The van der Waals surface area contributed by atoms with E-state index in [1.54, 1.807) is 23.2 Å². The molecule has 1 aliphatic carbocycles. The molecule has 0 bridgehead atoms. The quantitative estimate of drug-likeness (QED) is 0.641. The normalized spacial score (nSPS) is 13.8. The summed E-state index contributed by atoms with van der Waals surface area (Å²) < 4.78 is 1.50. The Hall–Kier alpha value is -2.74. The van der Waals surface area contributed by atoms with Crippen LogP contribution in [0.2, 0.25) is 0 Å². The van der Waals surface area contributed by atoms with E-state index in [1.807, 2.05) is 0 Å². The number of hydrogen-bond donors (Lipinski definition) is 1. The molecule has 1 saturated carbocycles.